The van der Waals surface area contributed by atoms with Crippen LogP contribution >= 0.6 is 43.6 Å². The Labute approximate surface area is 174 Å². The third-order valence-electron chi connectivity index (χ3n) is 4.33. The fourth-order valence-electron chi connectivity index (χ4n) is 2.82. The van der Waals surface area contributed by atoms with E-state index >= 15 is 0 Å². The zero-order chi connectivity index (χ0) is 17.7. The molecule has 0 aliphatic heterocycles. The van der Waals surface area contributed by atoms with Gasteiger partial charge in [0, 0.05) is 8.95 Å². The Morgan fingerprint density at radius 3 is 1.32 bits per heavy atom. The largest absolute Gasteiger partial charge is 0.162 e. The van der Waals surface area contributed by atoms with E-state index in [4.69, 9.17) is 0 Å². The Kier molecular flexibility index (Phi) is 10.9. The van der Waals surface area contributed by atoms with E-state index in [-0.39, 0.29) is 0 Å². The maximum atomic E-state index is 3.49. The van der Waals surface area contributed by atoms with Crippen molar-refractivity contribution in [1.29, 1.82) is 0 Å². The summed E-state index contributed by atoms with van der Waals surface area (Å²) < 4.78 is 2.34. The van der Waals surface area contributed by atoms with Gasteiger partial charge in [0.2, 0.25) is 0 Å². The molecule has 0 N–H and O–H groups in total. The SMILES string of the molecule is Brc1ccc(CCCCCSCCCCCc2ccc(Br)cc2)cc1. The minimum Gasteiger partial charge on any atom is -0.162 e. The first kappa shape index (κ1) is 21.1. The number of hydrogen-bond acceptors (Lipinski definition) is 1. The van der Waals surface area contributed by atoms with Gasteiger partial charge >= 0.3 is 0 Å². The van der Waals surface area contributed by atoms with Gasteiger partial charge in [-0.25, -0.2) is 0 Å². The summed E-state index contributed by atoms with van der Waals surface area (Å²) in [5.74, 6) is 2.65. The summed E-state index contributed by atoms with van der Waals surface area (Å²) in [5.41, 5.74) is 2.92. The molecule has 3 heteroatoms. The first-order chi connectivity index (χ1) is 12.2. The lowest BCUT2D eigenvalue weighted by Gasteiger charge is -2.04. The zero-order valence-electron chi connectivity index (χ0n) is 14.9. The zero-order valence-corrected chi connectivity index (χ0v) is 18.8. The van der Waals surface area contributed by atoms with Crippen LogP contribution in [0.25, 0.3) is 0 Å². The number of thioether (sulfide) groups is 1. The van der Waals surface area contributed by atoms with Gasteiger partial charge in [-0.3, -0.25) is 0 Å². The molecular weight excluding hydrogens is 456 g/mol. The third kappa shape index (κ3) is 9.86. The Morgan fingerprint density at radius 1 is 0.520 bits per heavy atom. The minimum atomic E-state index is 1.17. The molecule has 0 atom stereocenters. The smallest absolute Gasteiger partial charge is 0.0175 e. The summed E-state index contributed by atoms with van der Waals surface area (Å²) in [5, 5.41) is 0. The summed E-state index contributed by atoms with van der Waals surface area (Å²) in [6.07, 6.45) is 10.5. The summed E-state index contributed by atoms with van der Waals surface area (Å²) in [6.45, 7) is 0. The van der Waals surface area contributed by atoms with Gasteiger partial charge in [-0.15, -0.1) is 0 Å². The van der Waals surface area contributed by atoms with E-state index < -0.39 is 0 Å². The van der Waals surface area contributed by atoms with Crippen molar-refractivity contribution in [3.8, 4) is 0 Å². The Morgan fingerprint density at radius 2 is 0.920 bits per heavy atom. The molecule has 0 fully saturated rings. The van der Waals surface area contributed by atoms with E-state index in [9.17, 15) is 0 Å². The molecule has 136 valence electrons. The lowest BCUT2D eigenvalue weighted by atomic mass is 10.1. The topological polar surface area (TPSA) is 0 Å². The van der Waals surface area contributed by atoms with Crippen LogP contribution in [0.1, 0.15) is 49.7 Å². The maximum absolute atomic E-state index is 3.49. The van der Waals surface area contributed by atoms with Gasteiger partial charge in [-0.2, -0.15) is 11.8 Å². The Balaban J connectivity index is 1.37. The van der Waals surface area contributed by atoms with Gasteiger partial charge in [0.1, 0.15) is 0 Å². The fourth-order valence-corrected chi connectivity index (χ4v) is 4.37. The average molecular weight is 484 g/mol. The van der Waals surface area contributed by atoms with Crippen LogP contribution in [0.5, 0.6) is 0 Å². The van der Waals surface area contributed by atoms with Crippen molar-refractivity contribution in [2.75, 3.05) is 11.5 Å². The molecule has 0 bridgehead atoms. The van der Waals surface area contributed by atoms with Crippen LogP contribution in [0.4, 0.5) is 0 Å². The van der Waals surface area contributed by atoms with Crippen molar-refractivity contribution in [3.05, 3.63) is 68.6 Å². The van der Waals surface area contributed by atoms with Crippen LogP contribution in [0.15, 0.2) is 57.5 Å². The molecule has 0 amide bonds. The van der Waals surface area contributed by atoms with E-state index in [1.807, 2.05) is 0 Å². The van der Waals surface area contributed by atoms with Crippen molar-refractivity contribution in [1.82, 2.24) is 0 Å². The van der Waals surface area contributed by atoms with E-state index in [0.717, 1.165) is 0 Å². The molecule has 0 radical (unpaired) electrons. The summed E-state index contributed by atoms with van der Waals surface area (Å²) >= 11 is 9.11. The van der Waals surface area contributed by atoms with Crippen molar-refractivity contribution in [2.24, 2.45) is 0 Å². The standard InChI is InChI=1S/C22H28Br2S/c23-21-13-9-19(10-14-21)7-3-1-5-17-25-18-6-2-4-8-20-11-15-22(24)16-12-20/h9-16H,1-8,17-18H2. The van der Waals surface area contributed by atoms with Gasteiger partial charge in [-0.05, 0) is 85.4 Å². The van der Waals surface area contributed by atoms with Gasteiger partial charge in [0.25, 0.3) is 0 Å². The molecule has 2 aromatic carbocycles. The van der Waals surface area contributed by atoms with Crippen LogP contribution in [-0.4, -0.2) is 11.5 Å². The van der Waals surface area contributed by atoms with Crippen molar-refractivity contribution < 1.29 is 0 Å². The molecule has 2 rings (SSSR count). The summed E-state index contributed by atoms with van der Waals surface area (Å²) in [4.78, 5) is 0. The van der Waals surface area contributed by atoms with E-state index in [1.165, 1.54) is 82.9 Å². The van der Waals surface area contributed by atoms with Crippen LogP contribution in [0, 0.1) is 0 Å². The number of rotatable bonds is 12. The van der Waals surface area contributed by atoms with E-state index in [2.05, 4.69) is 92.2 Å². The van der Waals surface area contributed by atoms with Crippen LogP contribution in [0.2, 0.25) is 0 Å². The molecule has 0 nitrogen and oxygen atoms in total. The summed E-state index contributed by atoms with van der Waals surface area (Å²) in [6, 6.07) is 17.5. The number of halogens is 2. The number of unbranched alkanes of at least 4 members (excludes halogenated alkanes) is 4. The van der Waals surface area contributed by atoms with Crippen molar-refractivity contribution in [3.63, 3.8) is 0 Å². The van der Waals surface area contributed by atoms with Gasteiger partial charge in [0.05, 0.1) is 0 Å². The molecule has 2 aromatic rings. The summed E-state index contributed by atoms with van der Waals surface area (Å²) in [7, 11) is 0. The van der Waals surface area contributed by atoms with E-state index in [0.29, 0.717) is 0 Å². The molecular formula is C22H28Br2S. The lowest BCUT2D eigenvalue weighted by Crippen LogP contribution is -1.90. The highest BCUT2D eigenvalue weighted by Crippen LogP contribution is 2.16. The average Bonchev–Trinajstić information content (AvgIpc) is 2.63. The fraction of sp³-hybridized carbons (Fsp3) is 0.455. The quantitative estimate of drug-likeness (QED) is 0.275. The van der Waals surface area contributed by atoms with Crippen LogP contribution < -0.4 is 0 Å². The normalized spacial score (nSPS) is 11.0. The second kappa shape index (κ2) is 13.0. The lowest BCUT2D eigenvalue weighted by molar-refractivity contribution is 0.715. The third-order valence-corrected chi connectivity index (χ3v) is 6.55. The Hall–Kier alpha value is -0.250. The monoisotopic (exact) mass is 482 g/mol. The van der Waals surface area contributed by atoms with Crippen molar-refractivity contribution in [2.45, 2.75) is 51.4 Å². The molecule has 0 heterocycles. The second-order valence-electron chi connectivity index (χ2n) is 6.49. The minimum absolute atomic E-state index is 1.17. The molecule has 0 spiro atoms. The maximum Gasteiger partial charge on any atom is 0.0175 e. The number of aryl methyl sites for hydroxylation is 2. The highest BCUT2D eigenvalue weighted by Gasteiger charge is 1.97. The molecule has 0 unspecified atom stereocenters. The first-order valence-electron chi connectivity index (χ1n) is 9.31. The number of benzene rings is 2. The molecule has 0 saturated carbocycles. The van der Waals surface area contributed by atoms with Crippen LogP contribution in [0.3, 0.4) is 0 Å². The molecule has 25 heavy (non-hydrogen) atoms. The second-order valence-corrected chi connectivity index (χ2v) is 9.54. The Bertz CT molecular complexity index is 524. The van der Waals surface area contributed by atoms with Gasteiger partial charge < -0.3 is 0 Å². The van der Waals surface area contributed by atoms with Crippen molar-refractivity contribution >= 4 is 43.6 Å². The molecule has 0 saturated heterocycles. The highest BCUT2D eigenvalue weighted by atomic mass is 79.9. The number of hydrogen-bond donors (Lipinski definition) is 0. The van der Waals surface area contributed by atoms with Gasteiger partial charge in [-0.1, -0.05) is 69.0 Å². The van der Waals surface area contributed by atoms with Gasteiger partial charge in [0.15, 0.2) is 0 Å². The van der Waals surface area contributed by atoms with Crippen LogP contribution in [-0.2, 0) is 12.8 Å². The first-order valence-corrected chi connectivity index (χ1v) is 12.0. The van der Waals surface area contributed by atoms with E-state index in [1.54, 1.807) is 0 Å². The highest BCUT2D eigenvalue weighted by molar-refractivity contribution is 9.10. The molecule has 0 aromatic heterocycles. The predicted molar refractivity (Wildman–Crippen MR) is 121 cm³/mol. The molecule has 0 aliphatic carbocycles. The predicted octanol–water partition coefficient (Wildman–Crippen LogP) is 8.07. The molecule has 0 aliphatic rings.